The Morgan fingerprint density at radius 3 is 2.50 bits per heavy atom. The topological polar surface area (TPSA) is 75.3 Å². The lowest BCUT2D eigenvalue weighted by Gasteiger charge is -2.10. The molecule has 0 aliphatic carbocycles. The summed E-state index contributed by atoms with van der Waals surface area (Å²) in [6.07, 6.45) is 0.747. The summed E-state index contributed by atoms with van der Waals surface area (Å²) >= 11 is 1.64. The standard InChI is InChI=1S/C19H18N2O3S2/c22-19(20-12-11-17-9-5-13-25-17)15-6-4-10-18(14-15)26(23,24)21-16-7-2-1-3-8-16/h1-10,13-14,21H,11-12H2,(H,20,22). The van der Waals surface area contributed by atoms with Crippen molar-refractivity contribution in [2.45, 2.75) is 11.3 Å². The van der Waals surface area contributed by atoms with Gasteiger partial charge in [0.2, 0.25) is 0 Å². The Balaban J connectivity index is 1.67. The molecular weight excluding hydrogens is 368 g/mol. The molecule has 0 aliphatic heterocycles. The molecule has 2 N–H and O–H groups in total. The van der Waals surface area contributed by atoms with Crippen LogP contribution in [-0.4, -0.2) is 20.9 Å². The van der Waals surface area contributed by atoms with Gasteiger partial charge in [0.25, 0.3) is 15.9 Å². The molecule has 3 rings (SSSR count). The molecule has 0 saturated heterocycles. The highest BCUT2D eigenvalue weighted by molar-refractivity contribution is 7.92. The van der Waals surface area contributed by atoms with Gasteiger partial charge in [0.15, 0.2) is 0 Å². The van der Waals surface area contributed by atoms with Gasteiger partial charge in [-0.25, -0.2) is 8.42 Å². The fourth-order valence-corrected chi connectivity index (χ4v) is 4.19. The van der Waals surface area contributed by atoms with E-state index in [1.54, 1.807) is 53.8 Å². The van der Waals surface area contributed by atoms with E-state index < -0.39 is 10.0 Å². The van der Waals surface area contributed by atoms with Crippen molar-refractivity contribution in [3.8, 4) is 0 Å². The maximum atomic E-state index is 12.5. The van der Waals surface area contributed by atoms with Crippen LogP contribution in [0.4, 0.5) is 5.69 Å². The predicted octanol–water partition coefficient (Wildman–Crippen LogP) is 3.52. The second-order valence-electron chi connectivity index (χ2n) is 5.58. The molecule has 26 heavy (non-hydrogen) atoms. The van der Waals surface area contributed by atoms with E-state index in [9.17, 15) is 13.2 Å². The summed E-state index contributed by atoms with van der Waals surface area (Å²) in [5, 5.41) is 4.81. The minimum atomic E-state index is -3.75. The summed E-state index contributed by atoms with van der Waals surface area (Å²) in [4.78, 5) is 13.5. The van der Waals surface area contributed by atoms with Crippen LogP contribution < -0.4 is 10.0 Å². The van der Waals surface area contributed by atoms with Crippen LogP contribution in [0.15, 0.2) is 77.0 Å². The van der Waals surface area contributed by atoms with Gasteiger partial charge < -0.3 is 5.32 Å². The fraction of sp³-hybridized carbons (Fsp3) is 0.105. The Morgan fingerprint density at radius 2 is 1.77 bits per heavy atom. The normalized spacial score (nSPS) is 11.1. The van der Waals surface area contributed by atoms with Crippen molar-refractivity contribution in [3.05, 3.63) is 82.6 Å². The maximum Gasteiger partial charge on any atom is 0.261 e. The van der Waals surface area contributed by atoms with Crippen molar-refractivity contribution < 1.29 is 13.2 Å². The zero-order chi connectivity index (χ0) is 18.4. The smallest absolute Gasteiger partial charge is 0.261 e. The van der Waals surface area contributed by atoms with Gasteiger partial charge in [0, 0.05) is 22.7 Å². The molecule has 5 nitrogen and oxygen atoms in total. The molecular formula is C19H18N2O3S2. The zero-order valence-electron chi connectivity index (χ0n) is 13.9. The molecule has 3 aromatic rings. The number of carbonyl (C=O) groups excluding carboxylic acids is 1. The van der Waals surface area contributed by atoms with Gasteiger partial charge >= 0.3 is 0 Å². The Hall–Kier alpha value is -2.64. The minimum absolute atomic E-state index is 0.0484. The average Bonchev–Trinajstić information content (AvgIpc) is 3.16. The lowest BCUT2D eigenvalue weighted by atomic mass is 10.2. The van der Waals surface area contributed by atoms with Crippen molar-refractivity contribution in [2.24, 2.45) is 0 Å². The molecule has 134 valence electrons. The van der Waals surface area contributed by atoms with E-state index in [0.717, 1.165) is 6.42 Å². The first-order valence-corrected chi connectivity index (χ1v) is 10.4. The summed E-state index contributed by atoms with van der Waals surface area (Å²) in [6, 6.07) is 18.6. The van der Waals surface area contributed by atoms with Crippen LogP contribution in [0.1, 0.15) is 15.2 Å². The lowest BCUT2D eigenvalue weighted by Crippen LogP contribution is -2.25. The van der Waals surface area contributed by atoms with E-state index in [1.165, 1.54) is 17.0 Å². The summed E-state index contributed by atoms with van der Waals surface area (Å²) in [5.74, 6) is -0.293. The molecule has 0 aliphatic rings. The molecule has 7 heteroatoms. The zero-order valence-corrected chi connectivity index (χ0v) is 15.5. The Bertz CT molecular complexity index is 969. The molecule has 2 aromatic carbocycles. The number of para-hydroxylation sites is 1. The lowest BCUT2D eigenvalue weighted by molar-refractivity contribution is 0.0954. The first-order chi connectivity index (χ1) is 12.5. The minimum Gasteiger partial charge on any atom is -0.352 e. The molecule has 0 bridgehead atoms. The van der Waals surface area contributed by atoms with Crippen molar-refractivity contribution in [2.75, 3.05) is 11.3 Å². The molecule has 0 radical (unpaired) electrons. The number of hydrogen-bond donors (Lipinski definition) is 2. The van der Waals surface area contributed by atoms with E-state index >= 15 is 0 Å². The summed E-state index contributed by atoms with van der Waals surface area (Å²) < 4.78 is 27.5. The highest BCUT2D eigenvalue weighted by Gasteiger charge is 2.16. The van der Waals surface area contributed by atoms with E-state index in [1.807, 2.05) is 17.5 Å². The monoisotopic (exact) mass is 386 g/mol. The molecule has 0 fully saturated rings. The SMILES string of the molecule is O=C(NCCc1cccs1)c1cccc(S(=O)(=O)Nc2ccccc2)c1. The number of carbonyl (C=O) groups is 1. The molecule has 1 aromatic heterocycles. The predicted molar refractivity (Wildman–Crippen MR) is 104 cm³/mol. The van der Waals surface area contributed by atoms with Crippen LogP contribution in [0.2, 0.25) is 0 Å². The maximum absolute atomic E-state index is 12.5. The third kappa shape index (κ3) is 4.71. The molecule has 0 atom stereocenters. The van der Waals surface area contributed by atoms with Gasteiger partial charge in [-0.2, -0.15) is 0 Å². The number of nitrogens with one attached hydrogen (secondary N) is 2. The van der Waals surface area contributed by atoms with Gasteiger partial charge in [-0.05, 0) is 48.2 Å². The third-order valence-electron chi connectivity index (χ3n) is 3.67. The number of anilines is 1. The highest BCUT2D eigenvalue weighted by atomic mass is 32.2. The molecule has 0 saturated carbocycles. The van der Waals surface area contributed by atoms with E-state index in [4.69, 9.17) is 0 Å². The Labute approximate surface area is 156 Å². The Morgan fingerprint density at radius 1 is 0.962 bits per heavy atom. The first-order valence-electron chi connectivity index (χ1n) is 8.03. The third-order valence-corrected chi connectivity index (χ3v) is 5.98. The van der Waals surface area contributed by atoms with Crippen LogP contribution in [0.25, 0.3) is 0 Å². The van der Waals surface area contributed by atoms with E-state index in [0.29, 0.717) is 17.8 Å². The van der Waals surface area contributed by atoms with Crippen molar-refractivity contribution in [1.29, 1.82) is 0 Å². The summed E-state index contributed by atoms with van der Waals surface area (Å²) in [7, 11) is -3.75. The quantitative estimate of drug-likeness (QED) is 0.652. The Kier molecular flexibility index (Phi) is 5.70. The van der Waals surface area contributed by atoms with Gasteiger partial charge in [-0.15, -0.1) is 11.3 Å². The highest BCUT2D eigenvalue weighted by Crippen LogP contribution is 2.17. The van der Waals surface area contributed by atoms with Crippen molar-refractivity contribution >= 4 is 33.0 Å². The van der Waals surface area contributed by atoms with Crippen LogP contribution in [-0.2, 0) is 16.4 Å². The summed E-state index contributed by atoms with van der Waals surface area (Å²) in [5.41, 5.74) is 0.783. The molecule has 0 unspecified atom stereocenters. The van der Waals surface area contributed by atoms with Gasteiger partial charge in [0.05, 0.1) is 4.90 Å². The average molecular weight is 386 g/mol. The number of benzene rings is 2. The fourth-order valence-electron chi connectivity index (χ4n) is 2.38. The first kappa shape index (κ1) is 18.2. The van der Waals surface area contributed by atoms with Crippen molar-refractivity contribution in [3.63, 3.8) is 0 Å². The molecule has 1 amide bonds. The number of sulfonamides is 1. The van der Waals surface area contributed by atoms with Crippen molar-refractivity contribution in [1.82, 2.24) is 5.32 Å². The van der Waals surface area contributed by atoms with Gasteiger partial charge in [-0.1, -0.05) is 30.3 Å². The number of thiophene rings is 1. The second kappa shape index (κ2) is 8.16. The van der Waals surface area contributed by atoms with Gasteiger partial charge in [0.1, 0.15) is 0 Å². The van der Waals surface area contributed by atoms with E-state index in [2.05, 4.69) is 10.0 Å². The second-order valence-corrected chi connectivity index (χ2v) is 8.30. The summed E-state index contributed by atoms with van der Waals surface area (Å²) in [6.45, 7) is 0.499. The number of rotatable bonds is 7. The van der Waals surface area contributed by atoms with Crippen LogP contribution in [0, 0.1) is 0 Å². The molecule has 0 spiro atoms. The molecule has 1 heterocycles. The largest absolute Gasteiger partial charge is 0.352 e. The van der Waals surface area contributed by atoms with E-state index in [-0.39, 0.29) is 10.8 Å². The van der Waals surface area contributed by atoms with Crippen LogP contribution in [0.3, 0.4) is 0 Å². The van der Waals surface area contributed by atoms with Crippen LogP contribution in [0.5, 0.6) is 0 Å². The van der Waals surface area contributed by atoms with Gasteiger partial charge in [-0.3, -0.25) is 9.52 Å². The number of hydrogen-bond acceptors (Lipinski definition) is 4. The number of amides is 1. The van der Waals surface area contributed by atoms with Crippen LogP contribution >= 0.6 is 11.3 Å².